The van der Waals surface area contributed by atoms with Gasteiger partial charge in [-0.1, -0.05) is 17.3 Å². The molecule has 0 bridgehead atoms. The van der Waals surface area contributed by atoms with Gasteiger partial charge in [0.25, 0.3) is 0 Å². The van der Waals surface area contributed by atoms with Gasteiger partial charge in [0.05, 0.1) is 5.56 Å². The molecule has 94 valence electrons. The summed E-state index contributed by atoms with van der Waals surface area (Å²) in [5.74, 6) is 0.414. The Morgan fingerprint density at radius 1 is 1.33 bits per heavy atom. The van der Waals surface area contributed by atoms with E-state index in [4.69, 9.17) is 10.3 Å². The normalized spacial score (nSPS) is 17.4. The molecule has 0 unspecified atom stereocenters. The second-order valence-corrected chi connectivity index (χ2v) is 4.88. The van der Waals surface area contributed by atoms with Crippen molar-refractivity contribution in [1.82, 2.24) is 10.1 Å². The summed E-state index contributed by atoms with van der Waals surface area (Å²) >= 11 is 0. The molecule has 0 saturated heterocycles. The van der Waals surface area contributed by atoms with Crippen molar-refractivity contribution in [2.75, 3.05) is 0 Å². The molecule has 0 atom stereocenters. The fourth-order valence-electron chi connectivity index (χ4n) is 2.19. The molecule has 1 aromatic heterocycles. The van der Waals surface area contributed by atoms with Crippen LogP contribution >= 0.6 is 0 Å². The zero-order valence-corrected chi connectivity index (χ0v) is 9.90. The monoisotopic (exact) mass is 247 g/mol. The average molecular weight is 247 g/mol. The molecule has 2 N–H and O–H groups in total. The first kappa shape index (κ1) is 11.3. The van der Waals surface area contributed by atoms with Gasteiger partial charge >= 0.3 is 0 Å². The van der Waals surface area contributed by atoms with Crippen molar-refractivity contribution in [1.29, 1.82) is 0 Å². The third-order valence-electron chi connectivity index (χ3n) is 3.44. The maximum absolute atomic E-state index is 13.6. The van der Waals surface area contributed by atoms with Crippen LogP contribution in [0.1, 0.15) is 25.2 Å². The highest BCUT2D eigenvalue weighted by Crippen LogP contribution is 2.32. The number of halogens is 1. The van der Waals surface area contributed by atoms with Gasteiger partial charge in [0, 0.05) is 12.0 Å². The van der Waals surface area contributed by atoms with Gasteiger partial charge in [-0.3, -0.25) is 0 Å². The molecule has 3 rings (SSSR count). The Bertz CT molecular complexity index is 563. The summed E-state index contributed by atoms with van der Waals surface area (Å²) in [7, 11) is 0. The molecule has 2 aromatic rings. The Labute approximate surface area is 104 Å². The molecule has 1 aliphatic rings. The van der Waals surface area contributed by atoms with Crippen molar-refractivity contribution >= 4 is 0 Å². The van der Waals surface area contributed by atoms with Crippen LogP contribution in [-0.4, -0.2) is 15.7 Å². The molecular weight excluding hydrogens is 233 g/mol. The summed E-state index contributed by atoms with van der Waals surface area (Å²) in [6.45, 7) is 0. The summed E-state index contributed by atoms with van der Waals surface area (Å²) in [6.07, 6.45) is 3.66. The minimum atomic E-state index is -0.351. The number of hydrogen-bond donors (Lipinski definition) is 1. The fraction of sp³-hybridized carbons (Fsp3) is 0.385. The van der Waals surface area contributed by atoms with Crippen LogP contribution in [0.3, 0.4) is 0 Å². The second-order valence-electron chi connectivity index (χ2n) is 4.88. The molecular formula is C13H14FN3O. The predicted molar refractivity (Wildman–Crippen MR) is 64.2 cm³/mol. The first-order chi connectivity index (χ1) is 8.66. The number of hydrogen-bond acceptors (Lipinski definition) is 4. The predicted octanol–water partition coefficient (Wildman–Crippen LogP) is 2.30. The largest absolute Gasteiger partial charge is 0.339 e. The van der Waals surface area contributed by atoms with E-state index in [1.54, 1.807) is 18.2 Å². The molecule has 1 aliphatic carbocycles. The van der Waals surface area contributed by atoms with E-state index >= 15 is 0 Å². The smallest absolute Gasteiger partial charge is 0.228 e. The Balaban J connectivity index is 1.83. The highest BCUT2D eigenvalue weighted by atomic mass is 19.1. The van der Waals surface area contributed by atoms with Gasteiger partial charge in [-0.2, -0.15) is 4.98 Å². The standard InChI is InChI=1S/C13H14FN3O/c14-10-5-2-1-4-9(10)12-16-11(18-17-12)8-13(15)6-3-7-13/h1-2,4-5H,3,6-8,15H2. The zero-order valence-electron chi connectivity index (χ0n) is 9.90. The number of nitrogens with two attached hydrogens (primary N) is 1. The van der Waals surface area contributed by atoms with Gasteiger partial charge in [0.2, 0.25) is 11.7 Å². The first-order valence-corrected chi connectivity index (χ1v) is 6.03. The van der Waals surface area contributed by atoms with Crippen molar-refractivity contribution < 1.29 is 8.91 Å². The lowest BCUT2D eigenvalue weighted by molar-refractivity contribution is 0.222. The van der Waals surface area contributed by atoms with Gasteiger partial charge in [-0.25, -0.2) is 4.39 Å². The number of benzene rings is 1. The maximum atomic E-state index is 13.6. The topological polar surface area (TPSA) is 64.9 Å². The van der Waals surface area contributed by atoms with Crippen molar-refractivity contribution in [3.8, 4) is 11.4 Å². The molecule has 4 nitrogen and oxygen atoms in total. The van der Waals surface area contributed by atoms with E-state index in [1.807, 2.05) is 0 Å². The fourth-order valence-corrected chi connectivity index (χ4v) is 2.19. The lowest BCUT2D eigenvalue weighted by atomic mass is 9.75. The van der Waals surface area contributed by atoms with Crippen LogP contribution in [0.2, 0.25) is 0 Å². The quantitative estimate of drug-likeness (QED) is 0.903. The van der Waals surface area contributed by atoms with E-state index in [0.29, 0.717) is 17.9 Å². The van der Waals surface area contributed by atoms with E-state index in [1.165, 1.54) is 6.07 Å². The second kappa shape index (κ2) is 4.17. The van der Waals surface area contributed by atoms with Crippen LogP contribution < -0.4 is 5.73 Å². The summed E-state index contributed by atoms with van der Waals surface area (Å²) in [5, 5.41) is 3.81. The zero-order chi connectivity index (χ0) is 12.6. The number of aromatic nitrogens is 2. The Morgan fingerprint density at radius 2 is 2.11 bits per heavy atom. The molecule has 0 amide bonds. The van der Waals surface area contributed by atoms with E-state index < -0.39 is 0 Å². The third kappa shape index (κ3) is 2.01. The number of rotatable bonds is 3. The van der Waals surface area contributed by atoms with Gasteiger partial charge in [0.15, 0.2) is 0 Å². The average Bonchev–Trinajstić information content (AvgIpc) is 2.76. The molecule has 1 aromatic carbocycles. The summed E-state index contributed by atoms with van der Waals surface area (Å²) in [5.41, 5.74) is 6.26. The lowest BCUT2D eigenvalue weighted by Crippen LogP contribution is -2.48. The van der Waals surface area contributed by atoms with Gasteiger partial charge in [0.1, 0.15) is 5.82 Å². The highest BCUT2D eigenvalue weighted by Gasteiger charge is 2.34. The lowest BCUT2D eigenvalue weighted by Gasteiger charge is -2.36. The summed E-state index contributed by atoms with van der Waals surface area (Å²) in [6, 6.07) is 6.38. The summed E-state index contributed by atoms with van der Waals surface area (Å²) < 4.78 is 18.7. The van der Waals surface area contributed by atoms with E-state index in [-0.39, 0.29) is 17.2 Å². The molecule has 1 saturated carbocycles. The van der Waals surface area contributed by atoms with Crippen LogP contribution in [0.15, 0.2) is 28.8 Å². The van der Waals surface area contributed by atoms with Crippen LogP contribution in [0.5, 0.6) is 0 Å². The number of nitrogens with zero attached hydrogens (tertiary/aromatic N) is 2. The van der Waals surface area contributed by atoms with Gasteiger partial charge < -0.3 is 10.3 Å². The molecule has 0 aliphatic heterocycles. The van der Waals surface area contributed by atoms with Crippen molar-refractivity contribution in [3.05, 3.63) is 36.0 Å². The van der Waals surface area contributed by atoms with Gasteiger partial charge in [-0.15, -0.1) is 0 Å². The molecule has 0 spiro atoms. The van der Waals surface area contributed by atoms with Gasteiger partial charge in [-0.05, 0) is 31.4 Å². The van der Waals surface area contributed by atoms with Crippen molar-refractivity contribution in [2.45, 2.75) is 31.2 Å². The van der Waals surface area contributed by atoms with Crippen molar-refractivity contribution in [2.24, 2.45) is 5.73 Å². The first-order valence-electron chi connectivity index (χ1n) is 6.03. The molecule has 1 heterocycles. The minimum absolute atomic E-state index is 0.209. The Kier molecular flexibility index (Phi) is 2.63. The third-order valence-corrected chi connectivity index (χ3v) is 3.44. The Morgan fingerprint density at radius 3 is 2.78 bits per heavy atom. The molecule has 1 fully saturated rings. The van der Waals surface area contributed by atoms with Crippen LogP contribution in [-0.2, 0) is 6.42 Å². The summed E-state index contributed by atoms with van der Waals surface area (Å²) in [4.78, 5) is 4.21. The van der Waals surface area contributed by atoms with E-state index in [9.17, 15) is 4.39 Å². The van der Waals surface area contributed by atoms with E-state index in [2.05, 4.69) is 10.1 Å². The maximum Gasteiger partial charge on any atom is 0.228 e. The van der Waals surface area contributed by atoms with Crippen LogP contribution in [0.25, 0.3) is 11.4 Å². The molecule has 0 radical (unpaired) electrons. The van der Waals surface area contributed by atoms with Crippen LogP contribution in [0.4, 0.5) is 4.39 Å². The van der Waals surface area contributed by atoms with Crippen molar-refractivity contribution in [3.63, 3.8) is 0 Å². The molecule has 5 heteroatoms. The SMILES string of the molecule is NC1(Cc2nc(-c3ccccc3F)no2)CCC1. The van der Waals surface area contributed by atoms with E-state index in [0.717, 1.165) is 19.3 Å². The van der Waals surface area contributed by atoms with Crippen LogP contribution in [0, 0.1) is 5.82 Å². The highest BCUT2D eigenvalue weighted by molar-refractivity contribution is 5.54. The molecule has 18 heavy (non-hydrogen) atoms. The minimum Gasteiger partial charge on any atom is -0.339 e. The Hall–Kier alpha value is -1.75.